The molecule has 0 aliphatic carbocycles. The minimum atomic E-state index is -0.584. The van der Waals surface area contributed by atoms with Crippen molar-refractivity contribution in [1.29, 1.82) is 0 Å². The summed E-state index contributed by atoms with van der Waals surface area (Å²) in [7, 11) is 0. The van der Waals surface area contributed by atoms with Crippen LogP contribution in [0.2, 0.25) is 0 Å². The molecule has 0 spiro atoms. The van der Waals surface area contributed by atoms with Gasteiger partial charge in [0.1, 0.15) is 0 Å². The largest absolute Gasteiger partial charge is 0.508 e. The van der Waals surface area contributed by atoms with Crippen molar-refractivity contribution in [2.75, 3.05) is 6.61 Å². The molecule has 0 amide bonds. The summed E-state index contributed by atoms with van der Waals surface area (Å²) in [6.45, 7) is 6.11. The van der Waals surface area contributed by atoms with Gasteiger partial charge in [0.15, 0.2) is 0 Å². The van der Waals surface area contributed by atoms with Crippen LogP contribution in [-0.4, -0.2) is 18.9 Å². The Balaban J connectivity index is 2.31. The van der Waals surface area contributed by atoms with Gasteiger partial charge in [0.25, 0.3) is 0 Å². The van der Waals surface area contributed by atoms with E-state index in [-0.39, 0.29) is 6.10 Å². The molecule has 100 valence electrons. The molecule has 0 saturated carbocycles. The maximum atomic E-state index is 11.2. The van der Waals surface area contributed by atoms with Gasteiger partial charge in [-0.1, -0.05) is 19.1 Å². The Bertz CT molecular complexity index is 373. The van der Waals surface area contributed by atoms with Gasteiger partial charge < -0.3 is 9.47 Å². The number of ether oxygens (including phenoxy) is 2. The summed E-state index contributed by atoms with van der Waals surface area (Å²) in [5.41, 5.74) is 1.26. The van der Waals surface area contributed by atoms with E-state index >= 15 is 0 Å². The molecule has 3 nitrogen and oxygen atoms in total. The molecule has 0 aliphatic heterocycles. The van der Waals surface area contributed by atoms with Crippen LogP contribution in [0.5, 0.6) is 0 Å². The quantitative estimate of drug-likeness (QED) is 0.577. The standard InChI is InChI=1S/C14H19IO3/c1-10(2)18-14(16)17-9-8-11(3)12-4-6-13(15)7-5-12/h4-7,10-11H,8-9H2,1-3H3/t11-/m0/s1. The first-order valence-corrected chi connectivity index (χ1v) is 7.15. The van der Waals surface area contributed by atoms with Crippen molar-refractivity contribution in [3.8, 4) is 0 Å². The highest BCUT2D eigenvalue weighted by Gasteiger charge is 2.09. The Morgan fingerprint density at radius 3 is 2.39 bits per heavy atom. The molecule has 0 unspecified atom stereocenters. The Kier molecular flexibility index (Phi) is 6.46. The Hall–Kier alpha value is -0.780. The lowest BCUT2D eigenvalue weighted by atomic mass is 9.98. The van der Waals surface area contributed by atoms with Crippen LogP contribution < -0.4 is 0 Å². The number of hydrogen-bond acceptors (Lipinski definition) is 3. The molecular weight excluding hydrogens is 343 g/mol. The highest BCUT2D eigenvalue weighted by Crippen LogP contribution is 2.20. The number of halogens is 1. The van der Waals surface area contributed by atoms with Crippen molar-refractivity contribution in [3.63, 3.8) is 0 Å². The molecule has 0 bridgehead atoms. The predicted molar refractivity (Wildman–Crippen MR) is 79.8 cm³/mol. The van der Waals surface area contributed by atoms with Crippen molar-refractivity contribution in [2.24, 2.45) is 0 Å². The number of rotatable bonds is 5. The third-order valence-electron chi connectivity index (χ3n) is 2.54. The Morgan fingerprint density at radius 1 is 1.22 bits per heavy atom. The molecule has 0 aliphatic rings. The van der Waals surface area contributed by atoms with Crippen molar-refractivity contribution in [1.82, 2.24) is 0 Å². The minimum absolute atomic E-state index is 0.133. The number of carbonyl (C=O) groups excluding carboxylic acids is 1. The minimum Gasteiger partial charge on any atom is -0.434 e. The molecule has 0 fully saturated rings. The van der Waals surface area contributed by atoms with Crippen molar-refractivity contribution >= 4 is 28.7 Å². The number of carbonyl (C=O) groups is 1. The van der Waals surface area contributed by atoms with Gasteiger partial charge >= 0.3 is 6.16 Å². The first-order chi connectivity index (χ1) is 8.49. The fraction of sp³-hybridized carbons (Fsp3) is 0.500. The number of benzene rings is 1. The summed E-state index contributed by atoms with van der Waals surface area (Å²) in [5.74, 6) is 0.369. The summed E-state index contributed by atoms with van der Waals surface area (Å²) in [4.78, 5) is 11.2. The second-order valence-electron chi connectivity index (χ2n) is 4.51. The summed E-state index contributed by atoms with van der Waals surface area (Å²) >= 11 is 2.28. The summed E-state index contributed by atoms with van der Waals surface area (Å²) < 4.78 is 11.1. The van der Waals surface area contributed by atoms with Gasteiger partial charge in [0, 0.05) is 3.57 Å². The van der Waals surface area contributed by atoms with Gasteiger partial charge in [0.05, 0.1) is 12.7 Å². The van der Waals surface area contributed by atoms with Crippen LogP contribution in [0, 0.1) is 3.57 Å². The van der Waals surface area contributed by atoms with E-state index < -0.39 is 6.16 Å². The second kappa shape index (κ2) is 7.61. The van der Waals surface area contributed by atoms with Gasteiger partial charge in [-0.15, -0.1) is 0 Å². The molecule has 0 N–H and O–H groups in total. The second-order valence-corrected chi connectivity index (χ2v) is 5.75. The first kappa shape index (κ1) is 15.3. The maximum absolute atomic E-state index is 11.2. The molecular formula is C14H19IO3. The molecule has 0 aromatic heterocycles. The van der Waals surface area contributed by atoms with E-state index in [4.69, 9.17) is 9.47 Å². The van der Waals surface area contributed by atoms with Crippen LogP contribution in [0.15, 0.2) is 24.3 Å². The van der Waals surface area contributed by atoms with Gasteiger partial charge in [-0.3, -0.25) is 0 Å². The van der Waals surface area contributed by atoms with Crippen molar-refractivity contribution in [3.05, 3.63) is 33.4 Å². The Morgan fingerprint density at radius 2 is 1.83 bits per heavy atom. The Labute approximate surface area is 122 Å². The van der Waals surface area contributed by atoms with E-state index in [1.54, 1.807) is 13.8 Å². The van der Waals surface area contributed by atoms with Gasteiger partial charge in [0.2, 0.25) is 0 Å². The van der Waals surface area contributed by atoms with Gasteiger partial charge in [-0.25, -0.2) is 4.79 Å². The SMILES string of the molecule is CC(C)OC(=O)OCC[C@H](C)c1ccc(I)cc1. The molecule has 1 aromatic carbocycles. The van der Waals surface area contributed by atoms with Crippen LogP contribution >= 0.6 is 22.6 Å². The lowest BCUT2D eigenvalue weighted by Gasteiger charge is -2.13. The number of hydrogen-bond donors (Lipinski definition) is 0. The highest BCUT2D eigenvalue weighted by atomic mass is 127. The zero-order chi connectivity index (χ0) is 13.5. The lowest BCUT2D eigenvalue weighted by Crippen LogP contribution is -2.14. The van der Waals surface area contributed by atoms with Crippen LogP contribution in [0.4, 0.5) is 4.79 Å². The van der Waals surface area contributed by atoms with Crippen LogP contribution in [0.1, 0.15) is 38.7 Å². The molecule has 1 rings (SSSR count). The topological polar surface area (TPSA) is 35.5 Å². The molecule has 4 heteroatoms. The van der Waals surface area contributed by atoms with Crippen molar-refractivity contribution in [2.45, 2.75) is 39.2 Å². The van der Waals surface area contributed by atoms with E-state index in [0.29, 0.717) is 12.5 Å². The predicted octanol–water partition coefficient (Wildman–Crippen LogP) is 4.35. The first-order valence-electron chi connectivity index (χ1n) is 6.08. The van der Waals surface area contributed by atoms with Gasteiger partial charge in [-0.2, -0.15) is 0 Å². The van der Waals surface area contributed by atoms with E-state index in [2.05, 4.69) is 53.8 Å². The molecule has 0 heterocycles. The fourth-order valence-electron chi connectivity index (χ4n) is 1.50. The fourth-order valence-corrected chi connectivity index (χ4v) is 1.86. The third-order valence-corrected chi connectivity index (χ3v) is 3.26. The average molecular weight is 362 g/mol. The van der Waals surface area contributed by atoms with Gasteiger partial charge in [-0.05, 0) is 66.5 Å². The van der Waals surface area contributed by atoms with E-state index in [0.717, 1.165) is 6.42 Å². The maximum Gasteiger partial charge on any atom is 0.508 e. The van der Waals surface area contributed by atoms with Crippen LogP contribution in [-0.2, 0) is 9.47 Å². The highest BCUT2D eigenvalue weighted by molar-refractivity contribution is 14.1. The molecule has 1 atom stereocenters. The molecule has 0 saturated heterocycles. The van der Waals surface area contributed by atoms with E-state index in [1.807, 2.05) is 0 Å². The van der Waals surface area contributed by atoms with Crippen molar-refractivity contribution < 1.29 is 14.3 Å². The zero-order valence-corrected chi connectivity index (χ0v) is 13.1. The summed E-state index contributed by atoms with van der Waals surface area (Å²) in [6.07, 6.45) is 0.0827. The smallest absolute Gasteiger partial charge is 0.434 e. The normalized spacial score (nSPS) is 12.3. The zero-order valence-electron chi connectivity index (χ0n) is 11.0. The monoisotopic (exact) mass is 362 g/mol. The van der Waals surface area contributed by atoms with E-state index in [9.17, 15) is 4.79 Å². The third kappa shape index (κ3) is 5.71. The summed E-state index contributed by atoms with van der Waals surface area (Å²) in [6, 6.07) is 8.39. The molecule has 18 heavy (non-hydrogen) atoms. The van der Waals surface area contributed by atoms with E-state index in [1.165, 1.54) is 9.13 Å². The average Bonchev–Trinajstić information content (AvgIpc) is 2.28. The molecule has 1 aromatic rings. The lowest BCUT2D eigenvalue weighted by molar-refractivity contribution is 0.0332. The summed E-state index contributed by atoms with van der Waals surface area (Å²) in [5, 5.41) is 0. The van der Waals surface area contributed by atoms with Crippen LogP contribution in [0.3, 0.4) is 0 Å². The molecule has 0 radical (unpaired) electrons. The van der Waals surface area contributed by atoms with Crippen LogP contribution in [0.25, 0.3) is 0 Å².